The first kappa shape index (κ1) is 26.4. The summed E-state index contributed by atoms with van der Waals surface area (Å²) in [6.07, 6.45) is 5.59. The largest absolute Gasteiger partial charge is 0.444 e. The molecule has 38 heavy (non-hydrogen) atoms. The predicted molar refractivity (Wildman–Crippen MR) is 149 cm³/mol. The van der Waals surface area contributed by atoms with Gasteiger partial charge in [0.15, 0.2) is 5.65 Å². The van der Waals surface area contributed by atoms with Gasteiger partial charge in [-0.1, -0.05) is 24.3 Å². The van der Waals surface area contributed by atoms with E-state index in [2.05, 4.69) is 36.8 Å². The van der Waals surface area contributed by atoms with Gasteiger partial charge in [0.1, 0.15) is 23.4 Å². The van der Waals surface area contributed by atoms with E-state index in [1.807, 2.05) is 45.0 Å². The van der Waals surface area contributed by atoms with Crippen LogP contribution in [0.15, 0.2) is 30.6 Å². The Labute approximate surface area is 224 Å². The summed E-state index contributed by atoms with van der Waals surface area (Å²) >= 11 is 0. The van der Waals surface area contributed by atoms with Crippen LogP contribution in [0.2, 0.25) is 0 Å². The van der Waals surface area contributed by atoms with E-state index in [4.69, 9.17) is 15.6 Å². The molecule has 1 aromatic carbocycles. The number of benzene rings is 1. The molecule has 1 aliphatic carbocycles. The van der Waals surface area contributed by atoms with E-state index in [9.17, 15) is 4.79 Å². The number of fused-ring (bicyclic) bond motifs is 1. The summed E-state index contributed by atoms with van der Waals surface area (Å²) in [7, 11) is 2.21. The second-order valence-electron chi connectivity index (χ2n) is 11.6. The number of alkyl carbamates (subject to hydrolysis) is 1. The van der Waals surface area contributed by atoms with Gasteiger partial charge in [0, 0.05) is 44.3 Å². The zero-order chi connectivity index (χ0) is 26.9. The molecule has 1 saturated heterocycles. The zero-order valence-corrected chi connectivity index (χ0v) is 23.0. The Balaban J connectivity index is 1.31. The molecule has 5 rings (SSSR count). The number of likely N-dealkylation sites (N-methyl/N-ethyl adjacent to an activating group) is 1. The molecule has 10 nitrogen and oxygen atoms in total. The lowest BCUT2D eigenvalue weighted by Gasteiger charge is -2.41. The zero-order valence-electron chi connectivity index (χ0n) is 23.0. The third-order valence-electron chi connectivity index (χ3n) is 7.65. The summed E-state index contributed by atoms with van der Waals surface area (Å²) in [5.41, 5.74) is 9.33. The molecule has 0 atom stereocenters. The van der Waals surface area contributed by atoms with Crippen molar-refractivity contribution in [2.75, 3.05) is 39.0 Å². The molecule has 2 aliphatic rings. The summed E-state index contributed by atoms with van der Waals surface area (Å²) in [5, 5.41) is 8.66. The number of carbonyl (C=O) groups excluding carboxylic acids is 1. The molecule has 2 aromatic heterocycles. The lowest BCUT2D eigenvalue weighted by molar-refractivity contribution is 0.0523. The fraction of sp³-hybridized carbons (Fsp3) is 0.571. The van der Waals surface area contributed by atoms with Gasteiger partial charge in [0.2, 0.25) is 0 Å². The SMILES string of the molecule is CN1CCN(C2CCC(n3nc(-c4ccc(CNC(=O)OC(C)(C)C)cc4)c4c(N)ncnc43)CC2)CC1. The third-order valence-corrected chi connectivity index (χ3v) is 7.65. The molecule has 2 fully saturated rings. The quantitative estimate of drug-likeness (QED) is 0.522. The maximum absolute atomic E-state index is 12.0. The normalized spacial score (nSPS) is 21.5. The number of nitrogens with one attached hydrogen (secondary N) is 1. The van der Waals surface area contributed by atoms with Gasteiger partial charge < -0.3 is 20.7 Å². The number of nitrogens with zero attached hydrogens (tertiary/aromatic N) is 6. The van der Waals surface area contributed by atoms with Crippen molar-refractivity contribution in [3.8, 4) is 11.3 Å². The number of rotatable bonds is 5. The summed E-state index contributed by atoms with van der Waals surface area (Å²) in [6.45, 7) is 10.5. The van der Waals surface area contributed by atoms with E-state index in [1.54, 1.807) is 0 Å². The second kappa shape index (κ2) is 10.9. The van der Waals surface area contributed by atoms with Gasteiger partial charge in [0.05, 0.1) is 11.4 Å². The van der Waals surface area contributed by atoms with Crippen molar-refractivity contribution >= 4 is 22.9 Å². The monoisotopic (exact) mass is 520 g/mol. The van der Waals surface area contributed by atoms with Crippen LogP contribution in [-0.4, -0.2) is 80.5 Å². The van der Waals surface area contributed by atoms with Crippen LogP contribution in [0.3, 0.4) is 0 Å². The Morgan fingerprint density at radius 2 is 1.68 bits per heavy atom. The maximum Gasteiger partial charge on any atom is 0.407 e. The van der Waals surface area contributed by atoms with Crippen LogP contribution in [0.1, 0.15) is 58.1 Å². The first-order chi connectivity index (χ1) is 18.2. The van der Waals surface area contributed by atoms with Crippen molar-refractivity contribution in [3.63, 3.8) is 0 Å². The van der Waals surface area contributed by atoms with Crippen molar-refractivity contribution in [2.24, 2.45) is 0 Å². The number of nitrogens with two attached hydrogens (primary N) is 1. The molecular formula is C28H40N8O2. The molecule has 0 radical (unpaired) electrons. The molecule has 3 aromatic rings. The topological polar surface area (TPSA) is 114 Å². The minimum Gasteiger partial charge on any atom is -0.444 e. The second-order valence-corrected chi connectivity index (χ2v) is 11.6. The van der Waals surface area contributed by atoms with E-state index < -0.39 is 11.7 Å². The van der Waals surface area contributed by atoms with Crippen LogP contribution in [0, 0.1) is 0 Å². The summed E-state index contributed by atoms with van der Waals surface area (Å²) in [4.78, 5) is 26.0. The molecule has 1 amide bonds. The average molecular weight is 521 g/mol. The standard InChI is InChI=1S/C28H40N8O2/c1-28(2,3)38-27(37)30-17-19-5-7-20(8-6-19)24-23-25(29)31-18-32-26(23)36(33-24)22-11-9-21(10-12-22)35-15-13-34(4)14-16-35/h5-8,18,21-22H,9-17H2,1-4H3,(H,30,37)(H2,29,31,32). The number of amides is 1. The van der Waals surface area contributed by atoms with E-state index in [0.29, 0.717) is 24.4 Å². The first-order valence-electron chi connectivity index (χ1n) is 13.7. The maximum atomic E-state index is 12.0. The van der Waals surface area contributed by atoms with Crippen LogP contribution in [-0.2, 0) is 11.3 Å². The smallest absolute Gasteiger partial charge is 0.407 e. The molecule has 0 spiro atoms. The Bertz CT molecular complexity index is 1250. The predicted octanol–water partition coefficient (Wildman–Crippen LogP) is 3.83. The molecule has 10 heteroatoms. The molecule has 3 N–H and O–H groups in total. The highest BCUT2D eigenvalue weighted by molar-refractivity contribution is 5.98. The van der Waals surface area contributed by atoms with Crippen molar-refractivity contribution in [1.29, 1.82) is 0 Å². The lowest BCUT2D eigenvalue weighted by Crippen LogP contribution is -2.49. The van der Waals surface area contributed by atoms with Gasteiger partial charge in [-0.15, -0.1) is 0 Å². The Kier molecular flexibility index (Phi) is 7.54. The summed E-state index contributed by atoms with van der Waals surface area (Å²) in [6, 6.07) is 8.94. The summed E-state index contributed by atoms with van der Waals surface area (Å²) < 4.78 is 7.41. The fourth-order valence-electron chi connectivity index (χ4n) is 5.58. The van der Waals surface area contributed by atoms with Crippen molar-refractivity contribution in [1.82, 2.24) is 34.9 Å². The number of piperazine rings is 1. The van der Waals surface area contributed by atoms with Crippen LogP contribution in [0.5, 0.6) is 0 Å². The third kappa shape index (κ3) is 5.91. The number of nitrogen functional groups attached to an aromatic ring is 1. The highest BCUT2D eigenvalue weighted by Crippen LogP contribution is 2.37. The Morgan fingerprint density at radius 3 is 2.34 bits per heavy atom. The summed E-state index contributed by atoms with van der Waals surface area (Å²) in [5.74, 6) is 0.443. The van der Waals surface area contributed by atoms with Gasteiger partial charge in [0.25, 0.3) is 0 Å². The Morgan fingerprint density at radius 1 is 1.03 bits per heavy atom. The number of anilines is 1. The van der Waals surface area contributed by atoms with Crippen molar-refractivity contribution in [3.05, 3.63) is 36.2 Å². The number of aromatic nitrogens is 4. The molecule has 0 unspecified atom stereocenters. The van der Waals surface area contributed by atoms with E-state index in [1.165, 1.54) is 19.2 Å². The molecular weight excluding hydrogens is 480 g/mol. The highest BCUT2D eigenvalue weighted by Gasteiger charge is 2.30. The number of carbonyl (C=O) groups is 1. The van der Waals surface area contributed by atoms with Gasteiger partial charge in [-0.2, -0.15) is 5.10 Å². The average Bonchev–Trinajstić information content (AvgIpc) is 3.28. The number of ether oxygens (including phenoxy) is 1. The highest BCUT2D eigenvalue weighted by atomic mass is 16.6. The molecule has 0 bridgehead atoms. The van der Waals surface area contributed by atoms with Crippen LogP contribution < -0.4 is 11.1 Å². The van der Waals surface area contributed by atoms with Crippen molar-refractivity contribution < 1.29 is 9.53 Å². The van der Waals surface area contributed by atoms with Gasteiger partial charge in [-0.25, -0.2) is 19.4 Å². The molecule has 204 valence electrons. The molecule has 1 aliphatic heterocycles. The van der Waals surface area contributed by atoms with E-state index >= 15 is 0 Å². The minimum atomic E-state index is -0.528. The van der Waals surface area contributed by atoms with Crippen LogP contribution >= 0.6 is 0 Å². The van der Waals surface area contributed by atoms with Gasteiger partial charge >= 0.3 is 6.09 Å². The van der Waals surface area contributed by atoms with E-state index in [-0.39, 0.29) is 0 Å². The first-order valence-corrected chi connectivity index (χ1v) is 13.7. The number of hydrogen-bond acceptors (Lipinski definition) is 8. The van der Waals surface area contributed by atoms with Crippen LogP contribution in [0.4, 0.5) is 10.6 Å². The van der Waals surface area contributed by atoms with Gasteiger partial charge in [-0.05, 0) is 59.1 Å². The number of hydrogen-bond donors (Lipinski definition) is 2. The molecule has 1 saturated carbocycles. The Hall–Kier alpha value is -3.24. The van der Waals surface area contributed by atoms with E-state index in [0.717, 1.165) is 66.9 Å². The van der Waals surface area contributed by atoms with Gasteiger partial charge in [-0.3, -0.25) is 4.90 Å². The minimum absolute atomic E-state index is 0.293. The van der Waals surface area contributed by atoms with Crippen LogP contribution in [0.25, 0.3) is 22.3 Å². The van der Waals surface area contributed by atoms with Crippen molar-refractivity contribution in [2.45, 2.75) is 70.7 Å². The fourth-order valence-corrected chi connectivity index (χ4v) is 5.58. The molecule has 3 heterocycles. The lowest BCUT2D eigenvalue weighted by atomic mass is 9.90.